The van der Waals surface area contributed by atoms with Gasteiger partial charge in [0.1, 0.15) is 23.0 Å². The molecule has 2 aromatic rings. The number of aryl methyl sites for hydroxylation is 1. The average molecular weight is 443 g/mol. The average Bonchev–Trinajstić information content (AvgIpc) is 2.75. The Morgan fingerprint density at radius 3 is 2.59 bits per heavy atom. The van der Waals surface area contributed by atoms with Crippen molar-refractivity contribution in [1.29, 1.82) is 0 Å². The van der Waals surface area contributed by atoms with Gasteiger partial charge in [-0.1, -0.05) is 13.3 Å². The molecule has 172 valence electrons. The molecule has 7 heteroatoms. The van der Waals surface area contributed by atoms with Crippen LogP contribution in [0.4, 0.5) is 0 Å². The second kappa shape index (κ2) is 9.94. The van der Waals surface area contributed by atoms with Crippen molar-refractivity contribution in [1.82, 2.24) is 0 Å². The number of aromatic hydroxyl groups is 1. The maximum atomic E-state index is 11.7. The first kappa shape index (κ1) is 23.4. The highest BCUT2D eigenvalue weighted by atomic mass is 16.5. The monoisotopic (exact) mass is 442 g/mol. The van der Waals surface area contributed by atoms with Gasteiger partial charge in [0.2, 0.25) is 5.60 Å². The number of aliphatic carboxylic acids is 1. The molecule has 32 heavy (non-hydrogen) atoms. The van der Waals surface area contributed by atoms with Gasteiger partial charge in [0, 0.05) is 18.4 Å². The van der Waals surface area contributed by atoms with E-state index in [1.54, 1.807) is 31.2 Å². The number of rotatable bonds is 10. The minimum atomic E-state index is -1.19. The maximum absolute atomic E-state index is 11.7. The van der Waals surface area contributed by atoms with E-state index < -0.39 is 11.6 Å². The van der Waals surface area contributed by atoms with Crippen molar-refractivity contribution in [3.05, 3.63) is 47.0 Å². The van der Waals surface area contributed by atoms with Gasteiger partial charge in [-0.3, -0.25) is 4.79 Å². The number of carbonyl (C=O) groups excluding carboxylic acids is 1. The fourth-order valence-electron chi connectivity index (χ4n) is 3.72. The molecule has 0 amide bonds. The summed E-state index contributed by atoms with van der Waals surface area (Å²) in [5.74, 6) is 0.721. The van der Waals surface area contributed by atoms with E-state index in [-0.39, 0.29) is 11.5 Å². The largest absolute Gasteiger partial charge is 0.507 e. The maximum Gasteiger partial charge on any atom is 0.347 e. The van der Waals surface area contributed by atoms with Crippen molar-refractivity contribution in [2.24, 2.45) is 0 Å². The number of carboxylic acids is 1. The van der Waals surface area contributed by atoms with Crippen molar-refractivity contribution < 1.29 is 34.0 Å². The first-order valence-electron chi connectivity index (χ1n) is 10.9. The molecule has 1 unspecified atom stereocenters. The van der Waals surface area contributed by atoms with Crippen LogP contribution in [-0.4, -0.2) is 40.8 Å². The van der Waals surface area contributed by atoms with E-state index in [1.165, 1.54) is 6.92 Å². The molecule has 1 heterocycles. The summed E-state index contributed by atoms with van der Waals surface area (Å²) < 4.78 is 17.3. The van der Waals surface area contributed by atoms with Crippen molar-refractivity contribution in [2.75, 3.05) is 13.2 Å². The smallest absolute Gasteiger partial charge is 0.347 e. The zero-order chi connectivity index (χ0) is 23.3. The topological polar surface area (TPSA) is 102 Å². The quantitative estimate of drug-likeness (QED) is 0.411. The molecule has 7 nitrogen and oxygen atoms in total. The van der Waals surface area contributed by atoms with Gasteiger partial charge in [-0.05, 0) is 62.6 Å². The Hall–Kier alpha value is -3.22. The summed E-state index contributed by atoms with van der Waals surface area (Å²) in [7, 11) is 0. The number of ketones is 1. The molecule has 0 radical (unpaired) electrons. The molecular formula is C25H30O7. The molecule has 0 saturated carbocycles. The third-order valence-corrected chi connectivity index (χ3v) is 5.63. The molecule has 0 bridgehead atoms. The van der Waals surface area contributed by atoms with Gasteiger partial charge < -0.3 is 24.4 Å². The highest BCUT2D eigenvalue weighted by Crippen LogP contribution is 2.36. The van der Waals surface area contributed by atoms with Gasteiger partial charge in [-0.2, -0.15) is 0 Å². The highest BCUT2D eigenvalue weighted by Gasteiger charge is 2.39. The normalized spacial score (nSPS) is 17.2. The summed E-state index contributed by atoms with van der Waals surface area (Å²) in [4.78, 5) is 23.1. The van der Waals surface area contributed by atoms with Crippen LogP contribution in [0.3, 0.4) is 0 Å². The van der Waals surface area contributed by atoms with Crippen LogP contribution in [0.25, 0.3) is 0 Å². The molecule has 0 saturated heterocycles. The highest BCUT2D eigenvalue weighted by molar-refractivity contribution is 5.97. The number of phenolic OH excluding ortho intramolecular Hbond substituents is 1. The van der Waals surface area contributed by atoms with Crippen molar-refractivity contribution >= 4 is 11.8 Å². The molecule has 3 rings (SSSR count). The SMILES string of the molecule is CCCc1c(OCCCOc2ccc3c(c2)CCC(C)(C(=O)O)O3)ccc(C(C)=O)c1O. The fourth-order valence-corrected chi connectivity index (χ4v) is 3.72. The zero-order valence-electron chi connectivity index (χ0n) is 18.8. The molecule has 0 aliphatic carbocycles. The van der Waals surface area contributed by atoms with Gasteiger partial charge in [0.25, 0.3) is 0 Å². The van der Waals surface area contributed by atoms with Crippen molar-refractivity contribution in [3.8, 4) is 23.0 Å². The molecular weight excluding hydrogens is 412 g/mol. The predicted octanol–water partition coefficient (Wildman–Crippen LogP) is 4.56. The van der Waals surface area contributed by atoms with Crippen molar-refractivity contribution in [3.63, 3.8) is 0 Å². The molecule has 0 aromatic heterocycles. The Balaban J connectivity index is 1.53. The van der Waals surface area contributed by atoms with Crippen LogP contribution in [0.2, 0.25) is 0 Å². The third kappa shape index (κ3) is 5.15. The van der Waals surface area contributed by atoms with E-state index in [4.69, 9.17) is 14.2 Å². The van der Waals surface area contributed by atoms with Gasteiger partial charge in [0.15, 0.2) is 5.78 Å². The number of fused-ring (bicyclic) bond motifs is 1. The molecule has 0 fully saturated rings. The lowest BCUT2D eigenvalue weighted by Gasteiger charge is -2.32. The molecule has 0 spiro atoms. The van der Waals surface area contributed by atoms with Gasteiger partial charge >= 0.3 is 5.97 Å². The second-order valence-corrected chi connectivity index (χ2v) is 8.20. The number of hydrogen-bond acceptors (Lipinski definition) is 6. The number of ether oxygens (including phenoxy) is 3. The van der Waals surface area contributed by atoms with E-state index in [0.29, 0.717) is 67.3 Å². The van der Waals surface area contributed by atoms with E-state index in [9.17, 15) is 19.8 Å². The van der Waals surface area contributed by atoms with E-state index in [1.807, 2.05) is 13.0 Å². The first-order chi connectivity index (χ1) is 15.2. The van der Waals surface area contributed by atoms with Crippen LogP contribution < -0.4 is 14.2 Å². The second-order valence-electron chi connectivity index (χ2n) is 8.20. The summed E-state index contributed by atoms with van der Waals surface area (Å²) >= 11 is 0. The van der Waals surface area contributed by atoms with E-state index >= 15 is 0 Å². The van der Waals surface area contributed by atoms with Gasteiger partial charge in [-0.25, -0.2) is 4.79 Å². The summed E-state index contributed by atoms with van der Waals surface area (Å²) in [5.41, 5.74) is 0.705. The lowest BCUT2D eigenvalue weighted by molar-refractivity contribution is -0.155. The number of hydrogen-bond donors (Lipinski definition) is 2. The van der Waals surface area contributed by atoms with Crippen LogP contribution in [0.1, 0.15) is 61.5 Å². The first-order valence-corrected chi connectivity index (χ1v) is 10.9. The number of phenols is 1. The zero-order valence-corrected chi connectivity index (χ0v) is 18.8. The van der Waals surface area contributed by atoms with E-state index in [0.717, 1.165) is 12.0 Å². The van der Waals surface area contributed by atoms with Crippen LogP contribution in [0.15, 0.2) is 30.3 Å². The number of carbonyl (C=O) groups is 2. The molecule has 1 atom stereocenters. The number of carboxylic acid groups (broad SMARTS) is 1. The Morgan fingerprint density at radius 2 is 1.91 bits per heavy atom. The minimum Gasteiger partial charge on any atom is -0.507 e. The van der Waals surface area contributed by atoms with Crippen molar-refractivity contribution in [2.45, 2.75) is 58.5 Å². The Kier molecular flexibility index (Phi) is 7.28. The fraction of sp³-hybridized carbons (Fsp3) is 0.440. The van der Waals surface area contributed by atoms with Gasteiger partial charge in [0.05, 0.1) is 18.8 Å². The van der Waals surface area contributed by atoms with Gasteiger partial charge in [-0.15, -0.1) is 0 Å². The standard InChI is InChI=1S/C25H30O7/c1-4-6-20-22(10-8-19(16(2)26)23(20)27)31-14-5-13-30-18-7-9-21-17(15-18)11-12-25(3,32-21)24(28)29/h7-10,15,27H,4-6,11-14H2,1-3H3,(H,28,29). The lowest BCUT2D eigenvalue weighted by atomic mass is 9.92. The third-order valence-electron chi connectivity index (χ3n) is 5.63. The molecule has 1 aliphatic heterocycles. The minimum absolute atomic E-state index is 0.00312. The van der Waals surface area contributed by atoms with Crippen LogP contribution >= 0.6 is 0 Å². The summed E-state index contributed by atoms with van der Waals surface area (Å²) in [6.45, 7) is 5.86. The van der Waals surface area contributed by atoms with Crippen LogP contribution in [0, 0.1) is 0 Å². The number of Topliss-reactive ketones (excluding diaryl/α,β-unsaturated/α-hetero) is 1. The Morgan fingerprint density at radius 1 is 1.16 bits per heavy atom. The summed E-state index contributed by atoms with van der Waals surface area (Å²) in [6, 6.07) is 8.72. The lowest BCUT2D eigenvalue weighted by Crippen LogP contribution is -2.44. The summed E-state index contributed by atoms with van der Waals surface area (Å²) in [6.07, 6.45) is 3.09. The van der Waals surface area contributed by atoms with Crippen LogP contribution in [0.5, 0.6) is 23.0 Å². The Bertz CT molecular complexity index is 998. The molecule has 2 N–H and O–H groups in total. The predicted molar refractivity (Wildman–Crippen MR) is 119 cm³/mol. The molecule has 2 aromatic carbocycles. The summed E-state index contributed by atoms with van der Waals surface area (Å²) in [5, 5.41) is 19.8. The van der Waals surface area contributed by atoms with E-state index in [2.05, 4.69) is 0 Å². The van der Waals surface area contributed by atoms with Crippen LogP contribution in [-0.2, 0) is 17.6 Å². The number of benzene rings is 2. The molecule has 1 aliphatic rings. The Labute approximate surface area is 187 Å².